The van der Waals surface area contributed by atoms with Crippen molar-refractivity contribution in [2.24, 2.45) is 0 Å². The van der Waals surface area contributed by atoms with Crippen molar-refractivity contribution in [1.82, 2.24) is 9.80 Å². The summed E-state index contributed by atoms with van der Waals surface area (Å²) in [5.74, 6) is 0.834. The maximum atomic E-state index is 10.8. The van der Waals surface area contributed by atoms with Gasteiger partial charge in [-0.25, -0.2) is 16.8 Å². The molecule has 0 amide bonds. The van der Waals surface area contributed by atoms with Crippen molar-refractivity contribution in [3.05, 3.63) is 210 Å². The van der Waals surface area contributed by atoms with Crippen LogP contribution in [0.15, 0.2) is 129 Å². The summed E-state index contributed by atoms with van der Waals surface area (Å²) in [5, 5.41) is 8.34. The van der Waals surface area contributed by atoms with E-state index in [1.54, 1.807) is 30.9 Å². The first-order chi connectivity index (χ1) is 36.2. The standard InChI is InChI=1S/C20H19N2O.C17H24N4O3S.C12H13N3O4S.C4H11NO.K.O3S/c1-6-11-23-18-9-7-16(8-10-18)19-14(2)12-17(13-15(19)3)20(21-4)22-5;1-14-12-16(17(18-3)19-4)13-15(2)20(14)8-7-9-21(5,6)10-11-25(22,23)24;1-9-7-11(12(13-3)14-4)8-10(2)15(9)5-6-19-20(16,17)18;1-4(2,5)3-6;;1-4(2)3/h7-10,12-13,19H,1,6,11H2,2-3H3;12-13H,7-11H2,1-2,5-6H3;7-8H,5-6H2,1-2H3,(H,16,17,18);6H,3,5H2,1-2H3;;/q-1;;;;+1;. The molecule has 0 fully saturated rings. The van der Waals surface area contributed by atoms with Crippen molar-refractivity contribution < 1.29 is 114 Å². The predicted octanol–water partition coefficient (Wildman–Crippen LogP) is 4.14. The van der Waals surface area contributed by atoms with Crippen LogP contribution in [0.4, 0.5) is 0 Å². The third kappa shape index (κ3) is 30.3. The minimum Gasteiger partial charge on any atom is -0.748 e. The van der Waals surface area contributed by atoms with Crippen LogP contribution in [0.3, 0.4) is 0 Å². The van der Waals surface area contributed by atoms with Gasteiger partial charge in [0.1, 0.15) is 60.8 Å². The Labute approximate surface area is 511 Å². The second-order valence-corrected chi connectivity index (χ2v) is 21.7. The van der Waals surface area contributed by atoms with E-state index in [1.165, 1.54) is 5.56 Å². The molecule has 1 aromatic rings. The third-order valence-corrected chi connectivity index (χ3v) is 12.1. The van der Waals surface area contributed by atoms with Gasteiger partial charge in [0.2, 0.25) is 10.4 Å². The Hall–Kier alpha value is -5.86. The summed E-state index contributed by atoms with van der Waals surface area (Å²) < 4.78 is 98.9. The van der Waals surface area contributed by atoms with Gasteiger partial charge in [0.15, 0.2) is 0 Å². The van der Waals surface area contributed by atoms with E-state index in [-0.39, 0.29) is 106 Å². The molecule has 0 atom stereocenters. The van der Waals surface area contributed by atoms with Gasteiger partial charge >= 0.3 is 79.5 Å². The molecule has 0 bridgehead atoms. The van der Waals surface area contributed by atoms with Gasteiger partial charge in [-0.05, 0) is 97.4 Å². The molecule has 3 aliphatic rings. The molecule has 2 heterocycles. The predicted molar refractivity (Wildman–Crippen MR) is 292 cm³/mol. The number of rotatable bonds is 16. The monoisotopic (exact) mass is 1170 g/mol. The van der Waals surface area contributed by atoms with Gasteiger partial charge in [0, 0.05) is 48.2 Å². The van der Waals surface area contributed by atoms with Gasteiger partial charge in [0.05, 0.1) is 69.5 Å². The fourth-order valence-electron chi connectivity index (χ4n) is 7.30. The first kappa shape index (κ1) is 75.2. The van der Waals surface area contributed by atoms with Crippen molar-refractivity contribution in [3.63, 3.8) is 0 Å². The van der Waals surface area contributed by atoms with E-state index in [0.29, 0.717) is 34.4 Å². The Bertz CT molecular complexity index is 3100. The average Bonchev–Trinajstić information content (AvgIpc) is 3.33. The van der Waals surface area contributed by atoms with Gasteiger partial charge < -0.3 is 45.9 Å². The second-order valence-electron chi connectivity index (χ2n) is 18.7. The molecule has 0 unspecified atom stereocenters. The molecule has 1 aliphatic carbocycles. The van der Waals surface area contributed by atoms with Gasteiger partial charge in [-0.15, -0.1) is 19.0 Å². The number of nitrogens with zero attached hydrogens (tertiary/aromatic N) is 9. The zero-order chi connectivity index (χ0) is 60.2. The molecular weight excluding hydrogens is 1100 g/mol. The Kier molecular flexibility index (Phi) is 34.7. The van der Waals surface area contributed by atoms with E-state index in [4.69, 9.17) is 61.9 Å². The maximum absolute atomic E-state index is 10.8. The Morgan fingerprint density at radius 3 is 1.37 bits per heavy atom. The fraction of sp³-hybridized carbons (Fsp3) is 0.415. The summed E-state index contributed by atoms with van der Waals surface area (Å²) in [6, 6.07) is 8.08. The Morgan fingerprint density at radius 1 is 0.696 bits per heavy atom. The van der Waals surface area contributed by atoms with E-state index >= 15 is 0 Å². The topological polar surface area (TPSA) is 265 Å². The molecule has 4 rings (SSSR count). The Balaban J connectivity index is 0. The fourth-order valence-corrected chi connectivity index (χ4v) is 8.29. The van der Waals surface area contributed by atoms with Crippen LogP contribution in [0.5, 0.6) is 5.75 Å². The number of quaternary nitrogens is 2. The minimum atomic E-state index is -4.70. The van der Waals surface area contributed by atoms with Gasteiger partial charge in [-0.2, -0.15) is 29.1 Å². The number of aliphatic hydroxyl groups excluding tert-OH is 1. The molecule has 0 aromatic heterocycles. The first-order valence-corrected chi connectivity index (χ1v) is 27.3. The van der Waals surface area contributed by atoms with Gasteiger partial charge in [-0.3, -0.25) is 4.18 Å². The zero-order valence-electron chi connectivity index (χ0n) is 46.5. The van der Waals surface area contributed by atoms with E-state index in [9.17, 15) is 25.9 Å². The average molecular weight is 1170 g/mol. The van der Waals surface area contributed by atoms with Crippen LogP contribution in [0.25, 0.3) is 29.1 Å². The Morgan fingerprint density at radius 2 is 1.05 bits per heavy atom. The molecule has 1 aromatic carbocycles. The number of aliphatic hydroxyl groups is 1. The molecular formula is C53H67KN10O12S3. The number of hydrogen-bond donors (Lipinski definition) is 2. The van der Waals surface area contributed by atoms with Crippen molar-refractivity contribution in [2.45, 2.75) is 79.7 Å². The minimum absolute atomic E-state index is 0. The summed E-state index contributed by atoms with van der Waals surface area (Å²) in [7, 11) is -8.18. The van der Waals surface area contributed by atoms with Crippen LogP contribution in [0, 0.1) is 46.4 Å². The van der Waals surface area contributed by atoms with E-state index < -0.39 is 31.1 Å². The van der Waals surface area contributed by atoms with Crippen molar-refractivity contribution in [1.29, 1.82) is 0 Å². The summed E-state index contributed by atoms with van der Waals surface area (Å²) in [6.07, 6.45) is 12.4. The van der Waals surface area contributed by atoms with Gasteiger partial charge in [0.25, 0.3) is 0 Å². The normalized spacial score (nSPS) is 14.7. The van der Waals surface area contributed by atoms with Crippen molar-refractivity contribution in [2.75, 3.05) is 65.8 Å². The number of allylic oxidation sites excluding steroid dienone is 15. The molecule has 420 valence electrons. The van der Waals surface area contributed by atoms with E-state index in [1.807, 2.05) is 92.1 Å². The molecule has 2 aliphatic heterocycles. The van der Waals surface area contributed by atoms with Crippen LogP contribution in [0.2, 0.25) is 0 Å². The number of hydrogen-bond acceptors (Lipinski definition) is 14. The third-order valence-electron chi connectivity index (χ3n) is 10.9. The van der Waals surface area contributed by atoms with Crippen LogP contribution < -0.4 is 61.9 Å². The molecule has 22 nitrogen and oxygen atoms in total. The molecule has 0 radical (unpaired) electrons. The van der Waals surface area contributed by atoms with Crippen molar-refractivity contribution in [3.8, 4) is 5.75 Å². The largest absolute Gasteiger partial charge is 1.00 e. The molecule has 0 saturated heterocycles. The molecule has 0 saturated carbocycles. The SMILES string of the molecule is CC(C)([NH3+])CO.O=S(=O)=O.[C-]#[N+]C([N+]#[C-])=C1C=C(C)C(c2ccc(OCC[CH2-])cc2)C(C)=C1.[C-]#[N+]C([N+]#[C-])=C1C=C(C)N(CCC[N+](C)(C)CCS(=O)(=O)[O-])C(C)=C1.[C-]#[N+]C([N+]#[C-])=C1C=C(C)N(CCOS(=O)(=O)[O-])C(C)=C1.[K+]. The number of benzene rings is 1. The van der Waals surface area contributed by atoms with Crippen LogP contribution in [-0.2, 0) is 35.3 Å². The molecule has 26 heteroatoms. The maximum Gasteiger partial charge on any atom is 1.00 e. The van der Waals surface area contributed by atoms with Crippen LogP contribution in [0.1, 0.15) is 79.7 Å². The molecule has 79 heavy (non-hydrogen) atoms. The number of ether oxygens (including phenoxy) is 1. The first-order valence-electron chi connectivity index (χ1n) is 23.4. The second kappa shape index (κ2) is 36.4. The van der Waals surface area contributed by atoms with E-state index in [0.717, 1.165) is 65.6 Å². The smallest absolute Gasteiger partial charge is 0.748 e. The van der Waals surface area contributed by atoms with Crippen molar-refractivity contribution >= 4 is 31.1 Å². The summed E-state index contributed by atoms with van der Waals surface area (Å²) in [6.45, 7) is 63.6. The van der Waals surface area contributed by atoms with Crippen LogP contribution in [-0.4, -0.2) is 129 Å². The van der Waals surface area contributed by atoms with Crippen LogP contribution >= 0.6 is 0 Å². The molecule has 0 spiro atoms. The summed E-state index contributed by atoms with van der Waals surface area (Å²) >= 11 is 0. The summed E-state index contributed by atoms with van der Waals surface area (Å²) in [5.41, 5.74) is 12.2. The summed E-state index contributed by atoms with van der Waals surface area (Å²) in [4.78, 5) is 23.2. The quantitative estimate of drug-likeness (QED) is 0.0775. The molecule has 4 N–H and O–H groups in total. The van der Waals surface area contributed by atoms with E-state index in [2.05, 4.69) is 62.9 Å². The van der Waals surface area contributed by atoms with Gasteiger partial charge in [-0.1, -0.05) is 35.4 Å². The zero-order valence-corrected chi connectivity index (χ0v) is 52.1.